The number of carbonyl (C=O) groups is 1. The van der Waals surface area contributed by atoms with Crippen LogP contribution in [-0.4, -0.2) is 40.5 Å². The van der Waals surface area contributed by atoms with E-state index >= 15 is 0 Å². The molecular weight excluding hydrogens is 478 g/mol. The second kappa shape index (κ2) is 9.77. The summed E-state index contributed by atoms with van der Waals surface area (Å²) in [6, 6.07) is 17.4. The molecule has 0 saturated heterocycles. The summed E-state index contributed by atoms with van der Waals surface area (Å²) >= 11 is 0. The molecule has 9 heteroatoms. The lowest BCUT2D eigenvalue weighted by molar-refractivity contribution is -0.122. The summed E-state index contributed by atoms with van der Waals surface area (Å²) in [5.41, 5.74) is 1.22. The number of methoxy groups -OCH3 is 4. The highest BCUT2D eigenvalue weighted by atomic mass is 16.5. The second-order valence-corrected chi connectivity index (χ2v) is 8.32. The van der Waals surface area contributed by atoms with Crippen molar-refractivity contribution in [2.45, 2.75) is 12.0 Å². The first-order chi connectivity index (χ1) is 18.0. The van der Waals surface area contributed by atoms with E-state index in [9.17, 15) is 9.59 Å². The molecule has 1 aromatic heterocycles. The Kier molecular flexibility index (Phi) is 6.35. The van der Waals surface area contributed by atoms with Gasteiger partial charge in [-0.2, -0.15) is 0 Å². The molecule has 0 saturated carbocycles. The number of hydrogen-bond acceptors (Lipinski definition) is 8. The number of anilines is 1. The lowest BCUT2D eigenvalue weighted by atomic mass is 9.88. The number of rotatable bonds is 7. The van der Waals surface area contributed by atoms with E-state index in [1.165, 1.54) is 21.3 Å². The molecule has 1 aliphatic heterocycles. The van der Waals surface area contributed by atoms with Gasteiger partial charge in [-0.1, -0.05) is 24.3 Å². The van der Waals surface area contributed by atoms with E-state index in [2.05, 4.69) is 5.32 Å². The van der Waals surface area contributed by atoms with Gasteiger partial charge >= 0.3 is 5.63 Å². The van der Waals surface area contributed by atoms with Crippen LogP contribution in [0.1, 0.15) is 17.0 Å². The van der Waals surface area contributed by atoms with E-state index in [-0.39, 0.29) is 5.56 Å². The minimum absolute atomic E-state index is 0.286. The fraction of sp³-hybridized carbons (Fsp3) is 0.214. The summed E-state index contributed by atoms with van der Waals surface area (Å²) in [7, 11) is 6.04. The zero-order chi connectivity index (χ0) is 26.1. The molecule has 1 amide bonds. The number of benzene rings is 3. The SMILES string of the molecule is COc1ccc(C2c3c(c4ccccc4oc3=O)OC2C(=O)Nc2cc(OC)c(OC)c(OC)c2)cc1. The molecule has 5 rings (SSSR count). The average Bonchev–Trinajstić information content (AvgIpc) is 3.34. The Bertz CT molecular complexity index is 1500. The molecule has 3 aromatic carbocycles. The van der Waals surface area contributed by atoms with Gasteiger partial charge in [-0.05, 0) is 29.8 Å². The molecular formula is C28H25NO8. The number of fused-ring (bicyclic) bond motifs is 3. The van der Waals surface area contributed by atoms with Crippen molar-refractivity contribution >= 4 is 22.6 Å². The molecule has 190 valence electrons. The molecule has 4 aromatic rings. The summed E-state index contributed by atoms with van der Waals surface area (Å²) < 4.78 is 33.3. The normalized spacial score (nSPS) is 16.0. The number of amides is 1. The van der Waals surface area contributed by atoms with Crippen LogP contribution in [0.2, 0.25) is 0 Å². The second-order valence-electron chi connectivity index (χ2n) is 8.32. The summed E-state index contributed by atoms with van der Waals surface area (Å²) in [6.45, 7) is 0. The Morgan fingerprint density at radius 2 is 1.54 bits per heavy atom. The third-order valence-corrected chi connectivity index (χ3v) is 6.32. The van der Waals surface area contributed by atoms with Crippen LogP contribution >= 0.6 is 0 Å². The summed E-state index contributed by atoms with van der Waals surface area (Å²) in [4.78, 5) is 26.8. The van der Waals surface area contributed by atoms with Crippen LogP contribution in [-0.2, 0) is 4.79 Å². The molecule has 2 unspecified atom stereocenters. The predicted molar refractivity (Wildman–Crippen MR) is 136 cm³/mol. The molecule has 0 fully saturated rings. The van der Waals surface area contributed by atoms with Crippen LogP contribution in [0.5, 0.6) is 28.7 Å². The third-order valence-electron chi connectivity index (χ3n) is 6.32. The smallest absolute Gasteiger partial charge is 0.344 e. The molecule has 2 atom stereocenters. The van der Waals surface area contributed by atoms with Gasteiger partial charge in [-0.15, -0.1) is 0 Å². The quantitative estimate of drug-likeness (QED) is 0.371. The fourth-order valence-electron chi connectivity index (χ4n) is 4.60. The van der Waals surface area contributed by atoms with Crippen LogP contribution in [0.15, 0.2) is 69.9 Å². The maximum Gasteiger partial charge on any atom is 0.344 e. The molecule has 37 heavy (non-hydrogen) atoms. The Labute approximate surface area is 212 Å². The summed E-state index contributed by atoms with van der Waals surface area (Å²) in [5.74, 6) is 0.952. The van der Waals surface area contributed by atoms with Gasteiger partial charge in [0, 0.05) is 17.8 Å². The highest BCUT2D eigenvalue weighted by Gasteiger charge is 2.44. The van der Waals surface area contributed by atoms with Crippen LogP contribution < -0.4 is 34.6 Å². The van der Waals surface area contributed by atoms with Crippen LogP contribution in [0.3, 0.4) is 0 Å². The highest BCUT2D eigenvalue weighted by Crippen LogP contribution is 2.45. The molecule has 0 aliphatic carbocycles. The Morgan fingerprint density at radius 1 is 0.865 bits per heavy atom. The van der Waals surface area contributed by atoms with E-state index in [1.54, 1.807) is 61.7 Å². The fourth-order valence-corrected chi connectivity index (χ4v) is 4.60. The van der Waals surface area contributed by atoms with Crippen molar-refractivity contribution in [2.75, 3.05) is 33.8 Å². The Balaban J connectivity index is 1.59. The van der Waals surface area contributed by atoms with E-state index in [0.29, 0.717) is 51.0 Å². The maximum absolute atomic E-state index is 13.7. The lowest BCUT2D eigenvalue weighted by Gasteiger charge is -2.20. The van der Waals surface area contributed by atoms with Gasteiger partial charge in [0.25, 0.3) is 5.91 Å². The standard InChI is InChI=1S/C28H25NO8/c1-32-17-11-9-15(10-12-17)22-23-24(18-7-5-6-8-19(18)36-28(23)31)37-26(22)27(30)29-16-13-20(33-2)25(35-4)21(14-16)34-3/h5-14,22,26H,1-4H3,(H,29,30). The molecule has 0 spiro atoms. The zero-order valence-electron chi connectivity index (χ0n) is 20.7. The van der Waals surface area contributed by atoms with Gasteiger partial charge in [-0.3, -0.25) is 4.79 Å². The van der Waals surface area contributed by atoms with Crippen molar-refractivity contribution in [2.24, 2.45) is 0 Å². The third kappa shape index (κ3) is 4.18. The predicted octanol–water partition coefficient (Wildman–Crippen LogP) is 4.36. The van der Waals surface area contributed by atoms with Crippen molar-refractivity contribution in [3.8, 4) is 28.7 Å². The lowest BCUT2D eigenvalue weighted by Crippen LogP contribution is -2.35. The van der Waals surface area contributed by atoms with Crippen molar-refractivity contribution in [1.29, 1.82) is 0 Å². The summed E-state index contributed by atoms with van der Waals surface area (Å²) in [5, 5.41) is 3.48. The van der Waals surface area contributed by atoms with Crippen molar-refractivity contribution < 1.29 is 32.9 Å². The largest absolute Gasteiger partial charge is 0.497 e. The molecule has 0 radical (unpaired) electrons. The van der Waals surface area contributed by atoms with E-state index < -0.39 is 23.6 Å². The average molecular weight is 504 g/mol. The molecule has 9 nitrogen and oxygen atoms in total. The van der Waals surface area contributed by atoms with Gasteiger partial charge in [-0.25, -0.2) is 4.79 Å². The number of hydrogen-bond donors (Lipinski definition) is 1. The number of nitrogens with one attached hydrogen (secondary N) is 1. The Hall–Kier alpha value is -4.66. The molecule has 1 aliphatic rings. The minimum atomic E-state index is -1.06. The maximum atomic E-state index is 13.7. The van der Waals surface area contributed by atoms with E-state index in [1.807, 2.05) is 6.07 Å². The first-order valence-electron chi connectivity index (χ1n) is 11.5. The van der Waals surface area contributed by atoms with E-state index in [0.717, 1.165) is 0 Å². The molecule has 0 bridgehead atoms. The topological polar surface area (TPSA) is 105 Å². The summed E-state index contributed by atoms with van der Waals surface area (Å²) in [6.07, 6.45) is -1.06. The highest BCUT2D eigenvalue weighted by molar-refractivity contribution is 5.98. The van der Waals surface area contributed by atoms with Crippen molar-refractivity contribution in [3.63, 3.8) is 0 Å². The monoisotopic (exact) mass is 503 g/mol. The van der Waals surface area contributed by atoms with Crippen molar-refractivity contribution in [1.82, 2.24) is 0 Å². The van der Waals surface area contributed by atoms with Crippen LogP contribution in [0.4, 0.5) is 5.69 Å². The number of carbonyl (C=O) groups excluding carboxylic acids is 1. The molecule has 2 heterocycles. The first kappa shape index (κ1) is 24.1. The zero-order valence-corrected chi connectivity index (χ0v) is 20.7. The van der Waals surface area contributed by atoms with Gasteiger partial charge < -0.3 is 33.4 Å². The van der Waals surface area contributed by atoms with Gasteiger partial charge in [0.2, 0.25) is 5.75 Å². The molecule has 1 N–H and O–H groups in total. The van der Waals surface area contributed by atoms with Crippen LogP contribution in [0.25, 0.3) is 11.0 Å². The minimum Gasteiger partial charge on any atom is -0.497 e. The number of para-hydroxylation sites is 1. The first-order valence-corrected chi connectivity index (χ1v) is 11.5. The van der Waals surface area contributed by atoms with Gasteiger partial charge in [0.05, 0.1) is 45.3 Å². The van der Waals surface area contributed by atoms with Gasteiger partial charge in [0.1, 0.15) is 17.1 Å². The number of ether oxygens (including phenoxy) is 5. The Morgan fingerprint density at radius 3 is 2.16 bits per heavy atom. The van der Waals surface area contributed by atoms with Crippen LogP contribution in [0, 0.1) is 0 Å². The van der Waals surface area contributed by atoms with Crippen molar-refractivity contribution in [3.05, 3.63) is 82.2 Å². The van der Waals surface area contributed by atoms with Gasteiger partial charge in [0.15, 0.2) is 17.6 Å². The van der Waals surface area contributed by atoms with E-state index in [4.69, 9.17) is 28.1 Å².